The highest BCUT2D eigenvalue weighted by molar-refractivity contribution is 8.03. The van der Waals surface area contributed by atoms with E-state index < -0.39 is 11.9 Å². The van der Waals surface area contributed by atoms with Crippen LogP contribution in [0.25, 0.3) is 0 Å². The lowest BCUT2D eigenvalue weighted by Crippen LogP contribution is -2.37. The van der Waals surface area contributed by atoms with Crippen molar-refractivity contribution in [3.8, 4) is 0 Å². The molecule has 27 heavy (non-hydrogen) atoms. The fourth-order valence-electron chi connectivity index (χ4n) is 4.54. The number of carboxylic acid groups (broad SMARTS) is 1. The molecule has 0 bridgehead atoms. The van der Waals surface area contributed by atoms with Gasteiger partial charge in [-0.3, -0.25) is 9.52 Å². The third-order valence-electron chi connectivity index (χ3n) is 6.19. The van der Waals surface area contributed by atoms with Crippen molar-refractivity contribution in [2.45, 2.75) is 51.3 Å². The molecule has 3 aliphatic rings. The Kier molecular flexibility index (Phi) is 5.25. The molecule has 2 heterocycles. The molecule has 1 aromatic rings. The molecular weight excluding hydrogens is 376 g/mol. The van der Waals surface area contributed by atoms with E-state index in [-0.39, 0.29) is 10.7 Å². The largest absolute Gasteiger partial charge is 0.481 e. The van der Waals surface area contributed by atoms with Crippen molar-refractivity contribution in [1.82, 2.24) is 4.72 Å². The first-order chi connectivity index (χ1) is 12.9. The maximum atomic E-state index is 12.3. The Morgan fingerprint density at radius 2 is 2.19 bits per heavy atom. The molecule has 2 N–H and O–H groups in total. The summed E-state index contributed by atoms with van der Waals surface area (Å²) in [5, 5.41) is 10.0. The summed E-state index contributed by atoms with van der Waals surface area (Å²) in [7, 11) is 0. The number of thiol groups is 1. The minimum Gasteiger partial charge on any atom is -0.481 e. The average molecular weight is 405 g/mol. The smallest absolute Gasteiger partial charge is 0.312 e. The molecule has 2 atom stereocenters. The average Bonchev–Trinajstić information content (AvgIpc) is 2.91. The minimum absolute atomic E-state index is 0.0384. The predicted octanol–water partition coefficient (Wildman–Crippen LogP) is 4.78. The Morgan fingerprint density at radius 1 is 1.41 bits per heavy atom. The van der Waals surface area contributed by atoms with Crippen molar-refractivity contribution in [3.63, 3.8) is 0 Å². The van der Waals surface area contributed by atoms with E-state index in [0.717, 1.165) is 43.5 Å². The van der Waals surface area contributed by atoms with Crippen LogP contribution in [0.3, 0.4) is 0 Å². The Balaban J connectivity index is 1.69. The van der Waals surface area contributed by atoms with Crippen molar-refractivity contribution < 1.29 is 9.90 Å². The molecule has 2 unspecified atom stereocenters. The van der Waals surface area contributed by atoms with Crippen molar-refractivity contribution in [3.05, 3.63) is 39.8 Å². The molecule has 0 saturated carbocycles. The van der Waals surface area contributed by atoms with Crippen LogP contribution in [0.2, 0.25) is 0 Å². The lowest BCUT2D eigenvalue weighted by atomic mass is 9.73. The first kappa shape index (κ1) is 19.2. The van der Waals surface area contributed by atoms with E-state index in [1.165, 1.54) is 22.6 Å². The van der Waals surface area contributed by atoms with Crippen LogP contribution in [0, 0.1) is 11.3 Å². The third kappa shape index (κ3) is 3.64. The fourth-order valence-corrected chi connectivity index (χ4v) is 6.36. The zero-order valence-corrected chi connectivity index (χ0v) is 17.7. The van der Waals surface area contributed by atoms with Crippen LogP contribution in [0.4, 0.5) is 5.69 Å². The molecule has 0 aromatic heterocycles. The van der Waals surface area contributed by atoms with E-state index in [1.54, 1.807) is 11.8 Å². The zero-order chi connectivity index (χ0) is 19.2. The second-order valence-corrected chi connectivity index (χ2v) is 10.3. The molecule has 4 rings (SSSR count). The van der Waals surface area contributed by atoms with Crippen molar-refractivity contribution in [1.29, 1.82) is 0 Å². The number of anilines is 1. The molecule has 4 nitrogen and oxygen atoms in total. The van der Waals surface area contributed by atoms with E-state index in [4.69, 9.17) is 0 Å². The summed E-state index contributed by atoms with van der Waals surface area (Å²) in [6, 6.07) is 6.54. The highest BCUT2D eigenvalue weighted by atomic mass is 32.2. The summed E-state index contributed by atoms with van der Waals surface area (Å²) >= 11 is 6.01. The highest BCUT2D eigenvalue weighted by Gasteiger charge is 2.45. The Labute approximate surface area is 171 Å². The Morgan fingerprint density at radius 3 is 2.81 bits per heavy atom. The van der Waals surface area contributed by atoms with Gasteiger partial charge in [-0.25, -0.2) is 0 Å². The van der Waals surface area contributed by atoms with E-state index in [2.05, 4.69) is 54.5 Å². The lowest BCUT2D eigenvalue weighted by molar-refractivity contribution is -0.140. The number of hydrogen-bond acceptors (Lipinski definition) is 5. The SMILES string of the molecule is CC1(C)CCC2=C(C1)C(C(=O)O)C(c1ccc(N3CCC3)cc1CNS)S2. The number of nitrogens with one attached hydrogen (secondary N) is 1. The number of aliphatic carboxylic acids is 1. The maximum Gasteiger partial charge on any atom is 0.312 e. The zero-order valence-electron chi connectivity index (χ0n) is 16.0. The van der Waals surface area contributed by atoms with Crippen molar-refractivity contribution in [2.24, 2.45) is 11.3 Å². The lowest BCUT2D eigenvalue weighted by Gasteiger charge is -2.34. The van der Waals surface area contributed by atoms with Gasteiger partial charge in [0.15, 0.2) is 0 Å². The number of carbonyl (C=O) groups is 1. The number of benzene rings is 1. The van der Waals surface area contributed by atoms with Gasteiger partial charge in [0.2, 0.25) is 0 Å². The van der Waals surface area contributed by atoms with Gasteiger partial charge in [0.05, 0.1) is 11.2 Å². The van der Waals surface area contributed by atoms with Crippen LogP contribution in [0.1, 0.15) is 55.9 Å². The summed E-state index contributed by atoms with van der Waals surface area (Å²) < 4.78 is 2.98. The van der Waals surface area contributed by atoms with E-state index >= 15 is 0 Å². The van der Waals surface area contributed by atoms with Crippen LogP contribution in [-0.4, -0.2) is 24.2 Å². The highest BCUT2D eigenvalue weighted by Crippen LogP contribution is 2.59. The topological polar surface area (TPSA) is 52.6 Å². The number of thioether (sulfide) groups is 1. The predicted molar refractivity (Wildman–Crippen MR) is 115 cm³/mol. The molecule has 1 aromatic carbocycles. The third-order valence-corrected chi connectivity index (χ3v) is 7.88. The number of carboxylic acids is 1. The van der Waals surface area contributed by atoms with E-state index in [9.17, 15) is 9.90 Å². The number of nitrogens with zero attached hydrogens (tertiary/aromatic N) is 1. The Bertz CT molecular complexity index is 786. The normalized spacial score (nSPS) is 26.7. The van der Waals surface area contributed by atoms with Crippen LogP contribution in [0.5, 0.6) is 0 Å². The maximum absolute atomic E-state index is 12.3. The molecule has 1 saturated heterocycles. The first-order valence-corrected chi connectivity index (χ1v) is 11.1. The monoisotopic (exact) mass is 404 g/mol. The number of rotatable bonds is 5. The molecule has 6 heteroatoms. The van der Waals surface area contributed by atoms with Crippen molar-refractivity contribution >= 4 is 36.2 Å². The molecule has 1 aliphatic carbocycles. The number of allylic oxidation sites excluding steroid dienone is 1. The van der Waals surface area contributed by atoms with Crippen LogP contribution in [0.15, 0.2) is 28.7 Å². The molecule has 146 valence electrons. The summed E-state index contributed by atoms with van der Waals surface area (Å²) in [4.78, 5) is 16.0. The van der Waals surface area contributed by atoms with Gasteiger partial charge in [-0.2, -0.15) is 0 Å². The van der Waals surface area contributed by atoms with Gasteiger partial charge in [-0.15, -0.1) is 11.8 Å². The van der Waals surface area contributed by atoms with Crippen LogP contribution in [-0.2, 0) is 11.3 Å². The number of hydrogen-bond donors (Lipinski definition) is 3. The van der Waals surface area contributed by atoms with Crippen LogP contribution >= 0.6 is 24.6 Å². The Hall–Kier alpha value is -1.11. The standard InChI is InChI=1S/C21H28N2O2S2/c1-21(2)7-6-17-16(11-21)18(20(24)25)19(27-17)15-5-4-14(23-8-3-9-23)10-13(15)12-22-26/h4-5,10,18-19,22,26H,3,6-9,11-12H2,1-2H3,(H,24,25). The van der Waals surface area contributed by atoms with Gasteiger partial charge in [0, 0.05) is 25.3 Å². The second-order valence-electron chi connectivity index (χ2n) is 8.70. The fraction of sp³-hybridized carbons (Fsp3) is 0.571. The van der Waals surface area contributed by atoms with Gasteiger partial charge in [0.25, 0.3) is 0 Å². The van der Waals surface area contributed by atoms with E-state index in [0.29, 0.717) is 6.54 Å². The molecule has 0 spiro atoms. The van der Waals surface area contributed by atoms with Gasteiger partial charge >= 0.3 is 5.97 Å². The first-order valence-electron chi connectivity index (χ1n) is 9.76. The summed E-state index contributed by atoms with van der Waals surface area (Å²) in [6.07, 6.45) is 4.29. The van der Waals surface area contributed by atoms with Gasteiger partial charge < -0.3 is 10.0 Å². The van der Waals surface area contributed by atoms with E-state index in [1.807, 2.05) is 0 Å². The van der Waals surface area contributed by atoms with Gasteiger partial charge in [-0.05, 0) is 64.8 Å². The van der Waals surface area contributed by atoms with Gasteiger partial charge in [-0.1, -0.05) is 32.7 Å². The second kappa shape index (κ2) is 7.37. The van der Waals surface area contributed by atoms with Crippen LogP contribution < -0.4 is 9.62 Å². The molecule has 0 radical (unpaired) electrons. The summed E-state index contributed by atoms with van der Waals surface area (Å²) in [5.41, 5.74) is 4.91. The molecule has 2 aliphatic heterocycles. The minimum atomic E-state index is -0.688. The quantitative estimate of drug-likeness (QED) is 0.617. The van der Waals surface area contributed by atoms with Crippen molar-refractivity contribution in [2.75, 3.05) is 18.0 Å². The molecule has 0 amide bonds. The summed E-state index contributed by atoms with van der Waals surface area (Å²) in [5.74, 6) is -1.11. The van der Waals surface area contributed by atoms with Gasteiger partial charge in [0.1, 0.15) is 0 Å². The molecular formula is C21H28N2O2S2. The molecule has 1 fully saturated rings. The summed E-state index contributed by atoms with van der Waals surface area (Å²) in [6.45, 7) is 7.36.